The fourth-order valence-corrected chi connectivity index (χ4v) is 0.976. The normalized spacial score (nSPS) is 13.4. The monoisotopic (exact) mass is 153 g/mol. The maximum absolute atomic E-state index is 5.77. The maximum atomic E-state index is 5.77. The van der Waals surface area contributed by atoms with E-state index in [1.54, 1.807) is 6.26 Å². The summed E-state index contributed by atoms with van der Waals surface area (Å²) >= 11 is 0. The zero-order chi connectivity index (χ0) is 8.27. The third-order valence-corrected chi connectivity index (χ3v) is 1.89. The quantitative estimate of drug-likeness (QED) is 0.723. The van der Waals surface area contributed by atoms with Crippen LogP contribution >= 0.6 is 0 Å². The van der Waals surface area contributed by atoms with Crippen molar-refractivity contribution in [2.75, 3.05) is 0 Å². The zero-order valence-corrected chi connectivity index (χ0v) is 7.13. The van der Waals surface area contributed by atoms with Crippen molar-refractivity contribution in [2.45, 2.75) is 32.7 Å². The van der Waals surface area contributed by atoms with Crippen LogP contribution in [0.1, 0.15) is 37.6 Å². The number of rotatable bonds is 3. The van der Waals surface area contributed by atoms with Gasteiger partial charge in [0.25, 0.3) is 0 Å². The van der Waals surface area contributed by atoms with Crippen LogP contribution in [0.2, 0.25) is 0 Å². The Hall–Kier alpha value is -0.760. The van der Waals surface area contributed by atoms with Gasteiger partial charge in [-0.25, -0.2) is 0 Å². The standard InChI is InChI=1S/C9H15NO/c1-3-7-5-9(11-6-7)8(10)4-2/h5-6,8H,3-4,10H2,1-2H3. The summed E-state index contributed by atoms with van der Waals surface area (Å²) in [6.45, 7) is 4.16. The number of hydrogen-bond donors (Lipinski definition) is 1. The van der Waals surface area contributed by atoms with Gasteiger partial charge in [0.1, 0.15) is 5.76 Å². The second-order valence-electron chi connectivity index (χ2n) is 2.73. The highest BCUT2D eigenvalue weighted by molar-refractivity contribution is 5.14. The van der Waals surface area contributed by atoms with Crippen molar-refractivity contribution in [3.05, 3.63) is 23.7 Å². The Morgan fingerprint density at radius 2 is 2.27 bits per heavy atom. The van der Waals surface area contributed by atoms with E-state index in [0.717, 1.165) is 18.6 Å². The van der Waals surface area contributed by atoms with Crippen LogP contribution in [0, 0.1) is 0 Å². The summed E-state index contributed by atoms with van der Waals surface area (Å²) in [6.07, 6.45) is 3.72. The molecule has 0 spiro atoms. The van der Waals surface area contributed by atoms with Crippen molar-refractivity contribution in [3.8, 4) is 0 Å². The van der Waals surface area contributed by atoms with Crippen LogP contribution in [0.5, 0.6) is 0 Å². The van der Waals surface area contributed by atoms with Crippen LogP contribution in [0.4, 0.5) is 0 Å². The first-order valence-corrected chi connectivity index (χ1v) is 4.10. The molecule has 2 heteroatoms. The lowest BCUT2D eigenvalue weighted by Crippen LogP contribution is -2.06. The highest BCUT2D eigenvalue weighted by atomic mass is 16.3. The number of nitrogens with two attached hydrogens (primary N) is 1. The molecule has 1 aromatic rings. The molecule has 1 unspecified atom stereocenters. The Kier molecular flexibility index (Phi) is 2.71. The van der Waals surface area contributed by atoms with Gasteiger partial charge in [-0.1, -0.05) is 13.8 Å². The molecule has 0 bridgehead atoms. The lowest BCUT2D eigenvalue weighted by atomic mass is 10.1. The second-order valence-corrected chi connectivity index (χ2v) is 2.73. The molecule has 0 fully saturated rings. The number of furan rings is 1. The maximum Gasteiger partial charge on any atom is 0.120 e. The fourth-order valence-electron chi connectivity index (χ4n) is 0.976. The molecule has 62 valence electrons. The van der Waals surface area contributed by atoms with Crippen molar-refractivity contribution in [2.24, 2.45) is 5.73 Å². The predicted molar refractivity (Wildman–Crippen MR) is 45.3 cm³/mol. The average molecular weight is 153 g/mol. The SMILES string of the molecule is CCc1coc(C(N)CC)c1. The molecule has 2 N–H and O–H groups in total. The van der Waals surface area contributed by atoms with Crippen LogP contribution in [-0.4, -0.2) is 0 Å². The molecule has 0 aromatic carbocycles. The number of hydrogen-bond acceptors (Lipinski definition) is 2. The van der Waals surface area contributed by atoms with Crippen LogP contribution < -0.4 is 5.73 Å². The van der Waals surface area contributed by atoms with Crippen molar-refractivity contribution in [3.63, 3.8) is 0 Å². The van der Waals surface area contributed by atoms with E-state index in [2.05, 4.69) is 13.8 Å². The third kappa shape index (κ3) is 1.84. The van der Waals surface area contributed by atoms with E-state index in [9.17, 15) is 0 Å². The Morgan fingerprint density at radius 1 is 1.55 bits per heavy atom. The van der Waals surface area contributed by atoms with E-state index in [1.807, 2.05) is 6.07 Å². The van der Waals surface area contributed by atoms with Crippen molar-refractivity contribution in [1.82, 2.24) is 0 Å². The molecule has 0 aliphatic carbocycles. The van der Waals surface area contributed by atoms with E-state index in [4.69, 9.17) is 10.2 Å². The van der Waals surface area contributed by atoms with E-state index < -0.39 is 0 Å². The lowest BCUT2D eigenvalue weighted by molar-refractivity contribution is 0.459. The molecule has 0 radical (unpaired) electrons. The lowest BCUT2D eigenvalue weighted by Gasteiger charge is -2.01. The summed E-state index contributed by atoms with van der Waals surface area (Å²) in [4.78, 5) is 0. The molecular weight excluding hydrogens is 138 g/mol. The first kappa shape index (κ1) is 8.34. The molecule has 1 aromatic heterocycles. The van der Waals surface area contributed by atoms with Crippen LogP contribution in [-0.2, 0) is 6.42 Å². The van der Waals surface area contributed by atoms with Gasteiger partial charge in [0, 0.05) is 0 Å². The van der Waals surface area contributed by atoms with Crippen molar-refractivity contribution in [1.29, 1.82) is 0 Å². The smallest absolute Gasteiger partial charge is 0.120 e. The predicted octanol–water partition coefficient (Wildman–Crippen LogP) is 2.25. The molecule has 0 saturated heterocycles. The molecule has 11 heavy (non-hydrogen) atoms. The van der Waals surface area contributed by atoms with Crippen molar-refractivity contribution >= 4 is 0 Å². The minimum atomic E-state index is 0.0651. The van der Waals surface area contributed by atoms with Gasteiger partial charge in [0.05, 0.1) is 12.3 Å². The first-order chi connectivity index (χ1) is 5.27. The molecule has 0 aliphatic heterocycles. The van der Waals surface area contributed by atoms with Crippen LogP contribution in [0.15, 0.2) is 16.7 Å². The van der Waals surface area contributed by atoms with Crippen LogP contribution in [0.25, 0.3) is 0 Å². The average Bonchev–Trinajstić information content (AvgIpc) is 2.50. The molecule has 1 heterocycles. The largest absolute Gasteiger partial charge is 0.467 e. The summed E-state index contributed by atoms with van der Waals surface area (Å²) < 4.78 is 5.28. The van der Waals surface area contributed by atoms with Gasteiger partial charge in [0.2, 0.25) is 0 Å². The van der Waals surface area contributed by atoms with E-state index in [1.165, 1.54) is 5.56 Å². The highest BCUT2D eigenvalue weighted by Crippen LogP contribution is 2.16. The van der Waals surface area contributed by atoms with E-state index in [-0.39, 0.29) is 6.04 Å². The first-order valence-electron chi connectivity index (χ1n) is 4.10. The Labute approximate surface area is 67.4 Å². The second kappa shape index (κ2) is 3.58. The van der Waals surface area contributed by atoms with Crippen molar-refractivity contribution < 1.29 is 4.42 Å². The van der Waals surface area contributed by atoms with Gasteiger partial charge in [0.15, 0.2) is 0 Å². The molecule has 0 saturated carbocycles. The van der Waals surface area contributed by atoms with E-state index in [0.29, 0.717) is 0 Å². The molecule has 2 nitrogen and oxygen atoms in total. The molecule has 0 aliphatic rings. The number of aryl methyl sites for hydroxylation is 1. The Bertz CT molecular complexity index is 217. The summed E-state index contributed by atoms with van der Waals surface area (Å²) in [5, 5.41) is 0. The third-order valence-electron chi connectivity index (χ3n) is 1.89. The molecule has 0 amide bonds. The Morgan fingerprint density at radius 3 is 2.73 bits per heavy atom. The van der Waals surface area contributed by atoms with Crippen LogP contribution in [0.3, 0.4) is 0 Å². The Balaban J connectivity index is 2.71. The summed E-state index contributed by atoms with van der Waals surface area (Å²) in [5.41, 5.74) is 6.99. The molecule has 1 rings (SSSR count). The summed E-state index contributed by atoms with van der Waals surface area (Å²) in [7, 11) is 0. The highest BCUT2D eigenvalue weighted by Gasteiger charge is 2.07. The van der Waals surface area contributed by atoms with E-state index >= 15 is 0 Å². The summed E-state index contributed by atoms with van der Waals surface area (Å²) in [5.74, 6) is 0.907. The molecular formula is C9H15NO. The molecule has 1 atom stereocenters. The van der Waals surface area contributed by atoms with Gasteiger partial charge in [-0.05, 0) is 24.5 Å². The van der Waals surface area contributed by atoms with Gasteiger partial charge in [-0.15, -0.1) is 0 Å². The zero-order valence-electron chi connectivity index (χ0n) is 7.13. The van der Waals surface area contributed by atoms with Gasteiger partial charge >= 0.3 is 0 Å². The minimum absolute atomic E-state index is 0.0651. The van der Waals surface area contributed by atoms with Gasteiger partial charge in [-0.3, -0.25) is 0 Å². The topological polar surface area (TPSA) is 39.2 Å². The van der Waals surface area contributed by atoms with Gasteiger partial charge in [-0.2, -0.15) is 0 Å². The van der Waals surface area contributed by atoms with Gasteiger partial charge < -0.3 is 10.2 Å². The summed E-state index contributed by atoms with van der Waals surface area (Å²) in [6, 6.07) is 2.10. The minimum Gasteiger partial charge on any atom is -0.467 e. The fraction of sp³-hybridized carbons (Fsp3) is 0.556.